The van der Waals surface area contributed by atoms with E-state index in [4.69, 9.17) is 9.26 Å². The summed E-state index contributed by atoms with van der Waals surface area (Å²) in [7, 11) is 2.00. The Bertz CT molecular complexity index is 685. The smallest absolute Gasteiger partial charge is 0.267 e. The third-order valence-electron chi connectivity index (χ3n) is 3.82. The molecule has 0 bridgehead atoms. The van der Waals surface area contributed by atoms with Crippen LogP contribution in [0.2, 0.25) is 0 Å². The first-order valence-corrected chi connectivity index (χ1v) is 7.41. The van der Waals surface area contributed by atoms with E-state index >= 15 is 0 Å². The molecular formula is C15H19ClF2N4O2. The largest absolute Gasteiger partial charge is 0.481 e. The normalized spacial score (nSPS) is 19.6. The Morgan fingerprint density at radius 1 is 1.38 bits per heavy atom. The third-order valence-corrected chi connectivity index (χ3v) is 3.82. The van der Waals surface area contributed by atoms with E-state index in [2.05, 4.69) is 20.4 Å². The number of benzene rings is 1. The second-order valence-corrected chi connectivity index (χ2v) is 5.53. The van der Waals surface area contributed by atoms with Gasteiger partial charge in [-0.1, -0.05) is 5.16 Å². The van der Waals surface area contributed by atoms with E-state index in [0.717, 1.165) is 31.8 Å². The molecule has 0 radical (unpaired) electrons. The molecule has 0 aliphatic carbocycles. The Hall–Kier alpha value is -1.77. The average molecular weight is 361 g/mol. The molecule has 2 atom stereocenters. The predicted molar refractivity (Wildman–Crippen MR) is 85.2 cm³/mol. The second kappa shape index (κ2) is 7.87. The molecule has 1 aromatic carbocycles. The van der Waals surface area contributed by atoms with Crippen LogP contribution in [-0.2, 0) is 0 Å². The van der Waals surface area contributed by atoms with Crippen LogP contribution in [0.4, 0.5) is 8.78 Å². The van der Waals surface area contributed by atoms with Gasteiger partial charge >= 0.3 is 0 Å². The number of halogens is 3. The molecule has 0 spiro atoms. The van der Waals surface area contributed by atoms with Gasteiger partial charge in [0, 0.05) is 25.7 Å². The van der Waals surface area contributed by atoms with Gasteiger partial charge in [-0.05, 0) is 26.1 Å². The highest BCUT2D eigenvalue weighted by molar-refractivity contribution is 5.85. The molecule has 2 aromatic rings. The fourth-order valence-electron chi connectivity index (χ4n) is 2.45. The molecule has 1 aliphatic rings. The molecule has 2 heterocycles. The summed E-state index contributed by atoms with van der Waals surface area (Å²) < 4.78 is 36.9. The zero-order valence-electron chi connectivity index (χ0n) is 13.3. The monoisotopic (exact) mass is 360 g/mol. The van der Waals surface area contributed by atoms with Crippen LogP contribution in [-0.4, -0.2) is 41.7 Å². The first-order chi connectivity index (χ1) is 11.0. The number of rotatable bonds is 4. The summed E-state index contributed by atoms with van der Waals surface area (Å²) in [6, 6.07) is 3.39. The van der Waals surface area contributed by atoms with E-state index < -0.39 is 17.7 Å². The van der Waals surface area contributed by atoms with Gasteiger partial charge in [0.2, 0.25) is 0 Å². The van der Waals surface area contributed by atoms with Crippen molar-refractivity contribution in [2.75, 3.05) is 26.7 Å². The molecule has 6 nitrogen and oxygen atoms in total. The standard InChI is InChI=1S/C15H18F2N4O2.ClH/c1-9(22-10-3-4-11(16)12(17)7-10)15-19-14(20-23-15)13-8-18-5-6-21(13)2;/h3-4,7,9,13,18H,5-6,8H2,1-2H3;1H. The quantitative estimate of drug-likeness (QED) is 0.903. The number of ether oxygens (including phenoxy) is 1. The minimum atomic E-state index is -0.962. The van der Waals surface area contributed by atoms with Crippen LogP contribution >= 0.6 is 12.4 Å². The van der Waals surface area contributed by atoms with Crippen LogP contribution in [0, 0.1) is 11.6 Å². The highest BCUT2D eigenvalue weighted by Gasteiger charge is 2.26. The number of aromatic nitrogens is 2. The molecule has 0 saturated carbocycles. The van der Waals surface area contributed by atoms with E-state index in [0.29, 0.717) is 11.7 Å². The molecule has 1 aliphatic heterocycles. The van der Waals surface area contributed by atoms with Crippen molar-refractivity contribution in [3.63, 3.8) is 0 Å². The van der Waals surface area contributed by atoms with Gasteiger partial charge in [-0.15, -0.1) is 12.4 Å². The second-order valence-electron chi connectivity index (χ2n) is 5.53. The highest BCUT2D eigenvalue weighted by Crippen LogP contribution is 2.24. The van der Waals surface area contributed by atoms with Gasteiger partial charge in [0.05, 0.1) is 6.04 Å². The zero-order valence-corrected chi connectivity index (χ0v) is 14.1. The molecule has 1 saturated heterocycles. The van der Waals surface area contributed by atoms with Crippen molar-refractivity contribution >= 4 is 12.4 Å². The molecule has 3 rings (SSSR count). The fourth-order valence-corrected chi connectivity index (χ4v) is 2.45. The summed E-state index contributed by atoms with van der Waals surface area (Å²) in [6.07, 6.45) is -0.567. The zero-order chi connectivity index (χ0) is 16.4. The van der Waals surface area contributed by atoms with E-state index in [9.17, 15) is 8.78 Å². The number of hydrogen-bond donors (Lipinski definition) is 1. The Morgan fingerprint density at radius 3 is 2.88 bits per heavy atom. The van der Waals surface area contributed by atoms with E-state index in [1.807, 2.05) is 7.05 Å². The van der Waals surface area contributed by atoms with Crippen LogP contribution in [0.3, 0.4) is 0 Å². The van der Waals surface area contributed by atoms with Crippen molar-refractivity contribution in [3.8, 4) is 5.75 Å². The number of hydrogen-bond acceptors (Lipinski definition) is 6. The van der Waals surface area contributed by atoms with Crippen molar-refractivity contribution < 1.29 is 18.0 Å². The van der Waals surface area contributed by atoms with Crippen molar-refractivity contribution in [2.24, 2.45) is 0 Å². The summed E-state index contributed by atoms with van der Waals surface area (Å²) in [5.41, 5.74) is 0. The SMILES string of the molecule is CC(Oc1ccc(F)c(F)c1)c1nc(C2CNCCN2C)no1.Cl. The first-order valence-electron chi connectivity index (χ1n) is 7.41. The molecule has 132 valence electrons. The van der Waals surface area contributed by atoms with Crippen LogP contribution in [0.1, 0.15) is 30.8 Å². The molecule has 0 amide bonds. The van der Waals surface area contributed by atoms with Crippen molar-refractivity contribution in [2.45, 2.75) is 19.1 Å². The lowest BCUT2D eigenvalue weighted by Gasteiger charge is -2.30. The van der Waals surface area contributed by atoms with Crippen LogP contribution in [0.25, 0.3) is 0 Å². The Kier molecular flexibility index (Phi) is 6.09. The fraction of sp³-hybridized carbons (Fsp3) is 0.467. The maximum absolute atomic E-state index is 13.2. The first kappa shape index (κ1) is 18.6. The number of likely N-dealkylation sites (N-methyl/N-ethyl adjacent to an activating group) is 1. The van der Waals surface area contributed by atoms with E-state index in [-0.39, 0.29) is 24.2 Å². The molecule has 24 heavy (non-hydrogen) atoms. The molecule has 9 heteroatoms. The summed E-state index contributed by atoms with van der Waals surface area (Å²) in [4.78, 5) is 6.51. The molecule has 1 N–H and O–H groups in total. The summed E-state index contributed by atoms with van der Waals surface area (Å²) in [6.45, 7) is 4.28. The Balaban J connectivity index is 0.00000208. The molecule has 1 fully saturated rings. The minimum absolute atomic E-state index is 0. The lowest BCUT2D eigenvalue weighted by molar-refractivity contribution is 0.172. The summed E-state index contributed by atoms with van der Waals surface area (Å²) >= 11 is 0. The summed E-state index contributed by atoms with van der Waals surface area (Å²) in [5.74, 6) is -0.805. The van der Waals surface area contributed by atoms with E-state index in [1.54, 1.807) is 6.92 Å². The Labute approximate surface area is 144 Å². The van der Waals surface area contributed by atoms with Gasteiger partial charge in [0.1, 0.15) is 5.75 Å². The topological polar surface area (TPSA) is 63.4 Å². The van der Waals surface area contributed by atoms with Gasteiger partial charge in [-0.25, -0.2) is 8.78 Å². The molecule has 1 aromatic heterocycles. The Morgan fingerprint density at radius 2 is 2.17 bits per heavy atom. The number of piperazine rings is 1. The lowest BCUT2D eigenvalue weighted by atomic mass is 10.2. The number of nitrogens with zero attached hydrogens (tertiary/aromatic N) is 3. The van der Waals surface area contributed by atoms with Gasteiger partial charge in [-0.3, -0.25) is 4.90 Å². The van der Waals surface area contributed by atoms with Gasteiger partial charge < -0.3 is 14.6 Å². The minimum Gasteiger partial charge on any atom is -0.481 e. The van der Waals surface area contributed by atoms with Crippen molar-refractivity contribution in [1.29, 1.82) is 0 Å². The van der Waals surface area contributed by atoms with Crippen LogP contribution in [0.15, 0.2) is 22.7 Å². The van der Waals surface area contributed by atoms with Crippen molar-refractivity contribution in [1.82, 2.24) is 20.4 Å². The van der Waals surface area contributed by atoms with E-state index in [1.165, 1.54) is 6.07 Å². The highest BCUT2D eigenvalue weighted by atomic mass is 35.5. The maximum Gasteiger partial charge on any atom is 0.267 e. The van der Waals surface area contributed by atoms with Crippen molar-refractivity contribution in [3.05, 3.63) is 41.5 Å². The van der Waals surface area contributed by atoms with Gasteiger partial charge in [-0.2, -0.15) is 4.98 Å². The van der Waals surface area contributed by atoms with Gasteiger partial charge in [0.15, 0.2) is 23.6 Å². The molecular weight excluding hydrogens is 342 g/mol. The average Bonchev–Trinajstić information content (AvgIpc) is 3.01. The third kappa shape index (κ3) is 4.00. The van der Waals surface area contributed by atoms with Gasteiger partial charge in [0.25, 0.3) is 5.89 Å². The van der Waals surface area contributed by atoms with Crippen LogP contribution in [0.5, 0.6) is 5.75 Å². The number of nitrogens with one attached hydrogen (secondary N) is 1. The predicted octanol–water partition coefficient (Wildman–Crippen LogP) is 2.49. The maximum atomic E-state index is 13.2. The lowest BCUT2D eigenvalue weighted by Crippen LogP contribution is -2.44. The van der Waals surface area contributed by atoms with Crippen LogP contribution < -0.4 is 10.1 Å². The summed E-state index contributed by atoms with van der Waals surface area (Å²) in [5, 5.41) is 7.28. The molecule has 2 unspecified atom stereocenters.